The average molecular weight is 401 g/mol. The zero-order valence-electron chi connectivity index (χ0n) is 15.1. The summed E-state index contributed by atoms with van der Waals surface area (Å²) in [6.07, 6.45) is 0.361. The van der Waals surface area contributed by atoms with Crippen LogP contribution in [-0.4, -0.2) is 22.9 Å². The summed E-state index contributed by atoms with van der Waals surface area (Å²) in [5.74, 6) is -0.762. The summed E-state index contributed by atoms with van der Waals surface area (Å²) in [4.78, 5) is 28.1. The number of nitro groups is 1. The predicted octanol–water partition coefficient (Wildman–Crippen LogP) is 4.35. The number of nitrogens with one attached hydrogen (secondary N) is 1. The molecule has 3 aromatic rings. The number of anilines is 1. The summed E-state index contributed by atoms with van der Waals surface area (Å²) >= 11 is 1.24. The number of amides is 1. The number of hydrogen-bond acceptors (Lipinski definition) is 6. The van der Waals surface area contributed by atoms with Crippen LogP contribution in [-0.2, 0) is 6.42 Å². The Morgan fingerprint density at radius 2 is 2.07 bits per heavy atom. The van der Waals surface area contributed by atoms with Gasteiger partial charge >= 0.3 is 5.69 Å². The number of aryl methyl sites for hydroxylation is 1. The summed E-state index contributed by atoms with van der Waals surface area (Å²) in [5.41, 5.74) is 1.03. The Morgan fingerprint density at radius 1 is 1.32 bits per heavy atom. The lowest BCUT2D eigenvalue weighted by molar-refractivity contribution is -0.385. The first-order valence-electron chi connectivity index (χ1n) is 8.22. The summed E-state index contributed by atoms with van der Waals surface area (Å²) in [6, 6.07) is 10.4. The van der Waals surface area contributed by atoms with Gasteiger partial charge in [0.1, 0.15) is 5.82 Å². The van der Waals surface area contributed by atoms with Gasteiger partial charge in [0.05, 0.1) is 17.7 Å². The summed E-state index contributed by atoms with van der Waals surface area (Å²) in [5, 5.41) is 14.1. The average Bonchev–Trinajstić information content (AvgIpc) is 3.01. The van der Waals surface area contributed by atoms with E-state index in [0.29, 0.717) is 22.8 Å². The molecule has 0 saturated carbocycles. The number of thiazole rings is 1. The van der Waals surface area contributed by atoms with Crippen molar-refractivity contribution in [2.24, 2.45) is 0 Å². The molecule has 0 bridgehead atoms. The van der Waals surface area contributed by atoms with Crippen molar-refractivity contribution < 1.29 is 18.8 Å². The maximum absolute atomic E-state index is 13.9. The first-order valence-corrected chi connectivity index (χ1v) is 9.04. The number of nitro benzene ring substituents is 1. The lowest BCUT2D eigenvalue weighted by atomic mass is 10.1. The molecule has 1 N–H and O–H groups in total. The molecule has 9 heteroatoms. The number of hydrogen-bond donors (Lipinski definition) is 1. The van der Waals surface area contributed by atoms with Gasteiger partial charge in [0, 0.05) is 22.9 Å². The van der Waals surface area contributed by atoms with Crippen molar-refractivity contribution in [3.8, 4) is 5.75 Å². The van der Waals surface area contributed by atoms with Crippen molar-refractivity contribution in [2.75, 3.05) is 12.4 Å². The van der Waals surface area contributed by atoms with E-state index >= 15 is 0 Å². The van der Waals surface area contributed by atoms with Crippen LogP contribution in [0.15, 0.2) is 42.5 Å². The fraction of sp³-hybridized carbons (Fsp3) is 0.158. The third kappa shape index (κ3) is 4.15. The highest BCUT2D eigenvalue weighted by atomic mass is 32.1. The summed E-state index contributed by atoms with van der Waals surface area (Å²) in [7, 11) is 1.32. The van der Waals surface area contributed by atoms with Gasteiger partial charge in [0.15, 0.2) is 10.9 Å². The number of ether oxygens (including phenoxy) is 1. The molecule has 1 amide bonds. The third-order valence-corrected chi connectivity index (χ3v) is 5.13. The number of rotatable bonds is 6. The van der Waals surface area contributed by atoms with Crippen LogP contribution in [0.5, 0.6) is 5.75 Å². The molecule has 0 atom stereocenters. The number of aromatic nitrogens is 1. The van der Waals surface area contributed by atoms with Gasteiger partial charge in [-0.2, -0.15) is 0 Å². The molecule has 0 fully saturated rings. The van der Waals surface area contributed by atoms with Gasteiger partial charge in [-0.05, 0) is 30.7 Å². The van der Waals surface area contributed by atoms with Gasteiger partial charge in [0.2, 0.25) is 0 Å². The van der Waals surface area contributed by atoms with Gasteiger partial charge in [-0.25, -0.2) is 9.37 Å². The van der Waals surface area contributed by atoms with Crippen molar-refractivity contribution in [3.63, 3.8) is 0 Å². The predicted molar refractivity (Wildman–Crippen MR) is 104 cm³/mol. The molecule has 0 aliphatic rings. The van der Waals surface area contributed by atoms with E-state index in [1.165, 1.54) is 36.6 Å². The van der Waals surface area contributed by atoms with Crippen molar-refractivity contribution in [1.82, 2.24) is 4.98 Å². The summed E-state index contributed by atoms with van der Waals surface area (Å²) < 4.78 is 18.8. The van der Waals surface area contributed by atoms with Crippen LogP contribution in [0, 0.1) is 22.9 Å². The minimum Gasteiger partial charge on any atom is -0.490 e. The van der Waals surface area contributed by atoms with E-state index in [1.54, 1.807) is 25.1 Å². The lowest BCUT2D eigenvalue weighted by Crippen LogP contribution is -2.12. The highest BCUT2D eigenvalue weighted by Crippen LogP contribution is 2.29. The van der Waals surface area contributed by atoms with E-state index in [0.717, 1.165) is 10.9 Å². The van der Waals surface area contributed by atoms with E-state index in [2.05, 4.69) is 10.3 Å². The highest BCUT2D eigenvalue weighted by molar-refractivity contribution is 7.15. The topological polar surface area (TPSA) is 94.4 Å². The fourth-order valence-corrected chi connectivity index (χ4v) is 3.58. The Balaban J connectivity index is 1.79. The largest absolute Gasteiger partial charge is 0.490 e. The van der Waals surface area contributed by atoms with Gasteiger partial charge in [0.25, 0.3) is 5.91 Å². The van der Waals surface area contributed by atoms with Crippen molar-refractivity contribution in [3.05, 3.63) is 80.1 Å². The van der Waals surface area contributed by atoms with Gasteiger partial charge in [-0.15, -0.1) is 11.3 Å². The normalized spacial score (nSPS) is 10.5. The van der Waals surface area contributed by atoms with E-state index in [9.17, 15) is 19.3 Å². The van der Waals surface area contributed by atoms with Crippen LogP contribution < -0.4 is 10.1 Å². The SMILES string of the molecule is COc1ccc(C(=O)Nc2nc(C)c(Cc3ccccc3F)s2)cc1[N+](=O)[O-]. The quantitative estimate of drug-likeness (QED) is 0.489. The van der Waals surface area contributed by atoms with Crippen molar-refractivity contribution in [2.45, 2.75) is 13.3 Å². The smallest absolute Gasteiger partial charge is 0.311 e. The van der Waals surface area contributed by atoms with Gasteiger partial charge < -0.3 is 4.74 Å². The molecule has 0 aliphatic carbocycles. The molecule has 2 aromatic carbocycles. The Labute approximate surface area is 164 Å². The number of carbonyl (C=O) groups is 1. The maximum Gasteiger partial charge on any atom is 0.311 e. The zero-order chi connectivity index (χ0) is 20.3. The van der Waals surface area contributed by atoms with Crippen LogP contribution in [0.4, 0.5) is 15.2 Å². The first-order chi connectivity index (χ1) is 13.4. The minimum atomic E-state index is -0.615. The second-order valence-corrected chi connectivity index (χ2v) is 6.98. The second-order valence-electron chi connectivity index (χ2n) is 5.89. The van der Waals surface area contributed by atoms with Gasteiger partial charge in [-0.1, -0.05) is 18.2 Å². The standard InChI is InChI=1S/C19H16FN3O4S/c1-11-17(10-12-5-3-4-6-14(12)20)28-19(21-11)22-18(24)13-7-8-16(27-2)15(9-13)23(25)26/h3-9H,10H2,1-2H3,(H,21,22,24). The molecule has 1 aromatic heterocycles. The molecular weight excluding hydrogens is 385 g/mol. The molecule has 144 valence electrons. The molecular formula is C19H16FN3O4S. The minimum absolute atomic E-state index is 0.0683. The molecule has 0 radical (unpaired) electrons. The second kappa shape index (κ2) is 8.13. The molecule has 28 heavy (non-hydrogen) atoms. The third-order valence-electron chi connectivity index (χ3n) is 4.06. The van der Waals surface area contributed by atoms with Crippen molar-refractivity contribution >= 4 is 28.1 Å². The molecule has 0 aliphatic heterocycles. The molecule has 0 unspecified atom stereocenters. The monoisotopic (exact) mass is 401 g/mol. The number of methoxy groups -OCH3 is 1. The highest BCUT2D eigenvalue weighted by Gasteiger charge is 2.19. The van der Waals surface area contributed by atoms with Crippen LogP contribution >= 0.6 is 11.3 Å². The maximum atomic E-state index is 13.9. The molecule has 3 rings (SSSR count). The molecule has 0 saturated heterocycles. The molecule has 0 spiro atoms. The first kappa shape index (κ1) is 19.4. The van der Waals surface area contributed by atoms with Crippen LogP contribution in [0.1, 0.15) is 26.5 Å². The summed E-state index contributed by atoms with van der Waals surface area (Å²) in [6.45, 7) is 1.78. The molecule has 7 nitrogen and oxygen atoms in total. The van der Waals surface area contributed by atoms with Crippen LogP contribution in [0.3, 0.4) is 0 Å². The number of halogens is 1. The number of nitrogens with zero attached hydrogens (tertiary/aromatic N) is 2. The van der Waals surface area contributed by atoms with E-state index in [4.69, 9.17) is 4.74 Å². The van der Waals surface area contributed by atoms with Gasteiger partial charge in [-0.3, -0.25) is 20.2 Å². The Bertz CT molecular complexity index is 1050. The Hall–Kier alpha value is -3.33. The fourth-order valence-electron chi connectivity index (χ4n) is 2.60. The zero-order valence-corrected chi connectivity index (χ0v) is 15.9. The lowest BCUT2D eigenvalue weighted by Gasteiger charge is -2.05. The van der Waals surface area contributed by atoms with E-state index in [-0.39, 0.29) is 22.8 Å². The Kier molecular flexibility index (Phi) is 5.65. The number of benzene rings is 2. The van der Waals surface area contributed by atoms with Crippen LogP contribution in [0.2, 0.25) is 0 Å². The van der Waals surface area contributed by atoms with E-state index in [1.807, 2.05) is 0 Å². The molecule has 1 heterocycles. The Morgan fingerprint density at radius 3 is 2.75 bits per heavy atom. The van der Waals surface area contributed by atoms with Crippen molar-refractivity contribution in [1.29, 1.82) is 0 Å². The number of carbonyl (C=O) groups excluding carboxylic acids is 1. The van der Waals surface area contributed by atoms with Crippen LogP contribution in [0.25, 0.3) is 0 Å². The van der Waals surface area contributed by atoms with E-state index < -0.39 is 10.8 Å².